The van der Waals surface area contributed by atoms with Gasteiger partial charge in [0.05, 0.1) is 16.8 Å². The highest BCUT2D eigenvalue weighted by Gasteiger charge is 2.46. The van der Waals surface area contributed by atoms with E-state index < -0.39 is 5.41 Å². The van der Waals surface area contributed by atoms with Crippen LogP contribution in [0.4, 0.5) is 11.4 Å². The van der Waals surface area contributed by atoms with E-state index in [1.807, 2.05) is 74.5 Å². The summed E-state index contributed by atoms with van der Waals surface area (Å²) < 4.78 is 0. The number of aryl methyl sites for hydroxylation is 1. The SMILES string of the molecule is Cc1cc(C2(c3ccc(N=C=O)c(C(C)c4ccccc4O)c3)c3ccccc3-c3ccccc32)ccc1N=C=O. The molecule has 1 aliphatic rings. The molecule has 0 spiro atoms. The lowest BCUT2D eigenvalue weighted by Crippen LogP contribution is -2.29. The van der Waals surface area contributed by atoms with E-state index in [0.717, 1.165) is 50.1 Å². The van der Waals surface area contributed by atoms with Gasteiger partial charge in [-0.1, -0.05) is 97.9 Å². The van der Waals surface area contributed by atoms with Crippen molar-refractivity contribution in [3.8, 4) is 16.9 Å². The van der Waals surface area contributed by atoms with Crippen molar-refractivity contribution in [1.29, 1.82) is 0 Å². The van der Waals surface area contributed by atoms with Crippen LogP contribution in [-0.2, 0) is 15.0 Å². The summed E-state index contributed by atoms with van der Waals surface area (Å²) in [5.74, 6) is -0.0853. The van der Waals surface area contributed by atoms with Gasteiger partial charge in [0.2, 0.25) is 12.2 Å². The Bertz CT molecular complexity index is 1870. The third-order valence-electron chi connectivity index (χ3n) is 8.24. The molecule has 0 saturated heterocycles. The molecule has 198 valence electrons. The quantitative estimate of drug-likeness (QED) is 0.173. The van der Waals surface area contributed by atoms with E-state index in [9.17, 15) is 14.7 Å². The molecule has 0 aliphatic heterocycles. The molecule has 6 rings (SSSR count). The largest absolute Gasteiger partial charge is 0.508 e. The molecule has 5 aromatic carbocycles. The summed E-state index contributed by atoms with van der Waals surface area (Å²) in [5.41, 5.74) is 9.29. The Kier molecular flexibility index (Phi) is 6.53. The fraction of sp³-hybridized carbons (Fsp3) is 0.111. The molecule has 5 aromatic rings. The molecule has 0 bridgehead atoms. The van der Waals surface area contributed by atoms with Gasteiger partial charge in [-0.25, -0.2) is 9.59 Å². The van der Waals surface area contributed by atoms with Gasteiger partial charge in [-0.3, -0.25) is 0 Å². The predicted molar refractivity (Wildman–Crippen MR) is 160 cm³/mol. The highest BCUT2D eigenvalue weighted by Crippen LogP contribution is 2.57. The van der Waals surface area contributed by atoms with Crippen LogP contribution in [-0.4, -0.2) is 17.3 Å². The number of aromatic hydroxyl groups is 1. The number of carbonyl (C=O) groups excluding carboxylic acids is 2. The van der Waals surface area contributed by atoms with Gasteiger partial charge in [0.25, 0.3) is 0 Å². The Balaban J connectivity index is 1.71. The van der Waals surface area contributed by atoms with Crippen LogP contribution in [0.5, 0.6) is 5.75 Å². The first-order valence-corrected chi connectivity index (χ1v) is 13.4. The number of hydrogen-bond acceptors (Lipinski definition) is 5. The van der Waals surface area contributed by atoms with Crippen LogP contribution < -0.4 is 0 Å². The number of phenolic OH excluding ortho intramolecular Hbond substituents is 1. The number of nitrogens with zero attached hydrogens (tertiary/aromatic N) is 2. The summed E-state index contributed by atoms with van der Waals surface area (Å²) in [6.45, 7) is 3.94. The zero-order chi connectivity index (χ0) is 28.6. The number of fused-ring (bicyclic) bond motifs is 3. The molecule has 5 nitrogen and oxygen atoms in total. The molecular formula is C36H26N2O3. The molecule has 41 heavy (non-hydrogen) atoms. The fourth-order valence-electron chi connectivity index (χ4n) is 6.39. The van der Waals surface area contributed by atoms with Crippen LogP contribution in [0.1, 0.15) is 51.8 Å². The lowest BCUT2D eigenvalue weighted by atomic mass is 9.66. The zero-order valence-corrected chi connectivity index (χ0v) is 22.6. The number of rotatable bonds is 6. The number of hydrogen-bond donors (Lipinski definition) is 1. The Labute approximate surface area is 238 Å². The van der Waals surface area contributed by atoms with E-state index in [2.05, 4.69) is 46.4 Å². The summed E-state index contributed by atoms with van der Waals surface area (Å²) >= 11 is 0. The summed E-state index contributed by atoms with van der Waals surface area (Å²) in [4.78, 5) is 30.4. The topological polar surface area (TPSA) is 79.1 Å². The fourth-order valence-corrected chi connectivity index (χ4v) is 6.39. The molecule has 1 atom stereocenters. The summed E-state index contributed by atoms with van der Waals surface area (Å²) in [6, 6.07) is 35.9. The van der Waals surface area contributed by atoms with Crippen LogP contribution in [0.3, 0.4) is 0 Å². The monoisotopic (exact) mass is 534 g/mol. The van der Waals surface area contributed by atoms with Crippen LogP contribution >= 0.6 is 0 Å². The van der Waals surface area contributed by atoms with Crippen molar-refractivity contribution >= 4 is 23.5 Å². The molecule has 0 amide bonds. The minimum Gasteiger partial charge on any atom is -0.508 e. The van der Waals surface area contributed by atoms with Gasteiger partial charge in [0.15, 0.2) is 0 Å². The molecule has 1 unspecified atom stereocenters. The second-order valence-corrected chi connectivity index (χ2v) is 10.3. The minimum atomic E-state index is -0.710. The second kappa shape index (κ2) is 10.3. The van der Waals surface area contributed by atoms with Crippen molar-refractivity contribution < 1.29 is 14.7 Å². The number of isocyanates is 2. The van der Waals surface area contributed by atoms with Crippen molar-refractivity contribution in [1.82, 2.24) is 0 Å². The average molecular weight is 535 g/mol. The first-order chi connectivity index (χ1) is 20.0. The van der Waals surface area contributed by atoms with Crippen molar-refractivity contribution in [2.24, 2.45) is 9.98 Å². The summed E-state index contributed by atoms with van der Waals surface area (Å²) in [7, 11) is 0. The van der Waals surface area contributed by atoms with Crippen LogP contribution in [0.15, 0.2) is 119 Å². The summed E-state index contributed by atoms with van der Waals surface area (Å²) in [5, 5.41) is 10.7. The number of para-hydroxylation sites is 1. The van der Waals surface area contributed by atoms with Crippen molar-refractivity contribution in [3.05, 3.63) is 148 Å². The van der Waals surface area contributed by atoms with Crippen LogP contribution in [0, 0.1) is 6.92 Å². The number of aliphatic imine (C=N–C) groups is 2. The highest BCUT2D eigenvalue weighted by molar-refractivity contribution is 5.86. The van der Waals surface area contributed by atoms with E-state index in [0.29, 0.717) is 11.4 Å². The summed E-state index contributed by atoms with van der Waals surface area (Å²) in [6.07, 6.45) is 3.36. The number of phenols is 1. The Morgan fingerprint density at radius 1 is 0.659 bits per heavy atom. The molecule has 0 saturated carbocycles. The predicted octanol–water partition coefficient (Wildman–Crippen LogP) is 8.15. The van der Waals surface area contributed by atoms with Crippen molar-refractivity contribution in [2.75, 3.05) is 0 Å². The normalized spacial score (nSPS) is 13.3. The van der Waals surface area contributed by atoms with Gasteiger partial charge in [-0.2, -0.15) is 9.98 Å². The molecule has 0 radical (unpaired) electrons. The lowest BCUT2D eigenvalue weighted by Gasteiger charge is -2.35. The van der Waals surface area contributed by atoms with Crippen LogP contribution in [0.25, 0.3) is 11.1 Å². The van der Waals surface area contributed by atoms with Gasteiger partial charge in [-0.15, -0.1) is 0 Å². The minimum absolute atomic E-state index is 0.180. The van der Waals surface area contributed by atoms with Crippen molar-refractivity contribution in [2.45, 2.75) is 25.2 Å². The van der Waals surface area contributed by atoms with E-state index in [1.54, 1.807) is 24.3 Å². The maximum atomic E-state index is 11.5. The lowest BCUT2D eigenvalue weighted by molar-refractivity contribution is 0.466. The van der Waals surface area contributed by atoms with Gasteiger partial charge in [0, 0.05) is 11.5 Å². The second-order valence-electron chi connectivity index (χ2n) is 10.3. The maximum absolute atomic E-state index is 11.5. The standard InChI is InChI=1S/C36H26N2O3/c1-23-19-25(15-17-33(23)37-21-39)36(31-12-6-3-10-28(31)29-11-4-7-13-32(29)36)26-16-18-34(38-22-40)30(20-26)24(2)27-9-5-8-14-35(27)41/h3-20,24,41H,1-2H3. The highest BCUT2D eigenvalue weighted by atomic mass is 16.3. The van der Waals surface area contributed by atoms with Crippen LogP contribution in [0.2, 0.25) is 0 Å². The average Bonchev–Trinajstić information content (AvgIpc) is 3.30. The smallest absolute Gasteiger partial charge is 0.240 e. The van der Waals surface area contributed by atoms with Crippen molar-refractivity contribution in [3.63, 3.8) is 0 Å². The number of benzene rings is 5. The Morgan fingerprint density at radius 3 is 1.80 bits per heavy atom. The van der Waals surface area contributed by atoms with Gasteiger partial charge in [-0.05, 0) is 69.6 Å². The molecule has 1 aliphatic carbocycles. The molecule has 0 heterocycles. The zero-order valence-electron chi connectivity index (χ0n) is 22.6. The first-order valence-electron chi connectivity index (χ1n) is 13.4. The molecule has 0 fully saturated rings. The Morgan fingerprint density at radius 2 is 1.20 bits per heavy atom. The van der Waals surface area contributed by atoms with E-state index in [-0.39, 0.29) is 11.7 Å². The molecular weight excluding hydrogens is 508 g/mol. The molecule has 5 heteroatoms. The molecule has 0 aromatic heterocycles. The third-order valence-corrected chi connectivity index (χ3v) is 8.24. The van der Waals surface area contributed by atoms with Gasteiger partial charge in [0.1, 0.15) is 5.75 Å². The van der Waals surface area contributed by atoms with Gasteiger partial charge < -0.3 is 5.11 Å². The maximum Gasteiger partial charge on any atom is 0.240 e. The van der Waals surface area contributed by atoms with E-state index in [1.165, 1.54) is 0 Å². The van der Waals surface area contributed by atoms with Gasteiger partial charge >= 0.3 is 0 Å². The van der Waals surface area contributed by atoms with E-state index >= 15 is 0 Å². The van der Waals surface area contributed by atoms with E-state index in [4.69, 9.17) is 0 Å². The Hall–Kier alpha value is -5.34. The third kappa shape index (κ3) is 4.04. The first kappa shape index (κ1) is 25.9. The molecule has 1 N–H and O–H groups in total.